The Morgan fingerprint density at radius 3 is 2.95 bits per heavy atom. The van der Waals surface area contributed by atoms with Crippen molar-refractivity contribution in [2.24, 2.45) is 7.05 Å². The van der Waals surface area contributed by atoms with Crippen molar-refractivity contribution in [2.75, 3.05) is 0 Å². The van der Waals surface area contributed by atoms with Gasteiger partial charge in [0.2, 0.25) is 0 Å². The first-order valence-electron chi connectivity index (χ1n) is 7.63. The number of hydrogen-bond donors (Lipinski definition) is 1. The van der Waals surface area contributed by atoms with Gasteiger partial charge in [0.1, 0.15) is 0 Å². The largest absolute Gasteiger partial charge is 0.350 e. The average Bonchev–Trinajstić information content (AvgIpc) is 2.79. The van der Waals surface area contributed by atoms with Gasteiger partial charge in [-0.1, -0.05) is 40.2 Å². The van der Waals surface area contributed by atoms with E-state index in [1.54, 1.807) is 0 Å². The number of amides is 1. The number of allylic oxidation sites excluding steroid dienone is 1. The molecule has 1 saturated carbocycles. The van der Waals surface area contributed by atoms with E-state index in [4.69, 9.17) is 0 Å². The molecule has 1 amide bonds. The molecule has 1 fully saturated rings. The number of halogens is 1. The van der Waals surface area contributed by atoms with Crippen LogP contribution in [-0.2, 0) is 7.05 Å². The topological polar surface area (TPSA) is 34.0 Å². The Labute approximate surface area is 139 Å². The van der Waals surface area contributed by atoms with Crippen LogP contribution in [0.2, 0.25) is 0 Å². The monoisotopic (exact) mass is 360 g/mol. The van der Waals surface area contributed by atoms with Gasteiger partial charge in [-0.15, -0.1) is 0 Å². The van der Waals surface area contributed by atoms with Gasteiger partial charge in [0, 0.05) is 35.0 Å². The molecule has 0 bridgehead atoms. The van der Waals surface area contributed by atoms with Crippen LogP contribution in [0, 0.1) is 6.92 Å². The number of nitrogens with one attached hydrogen (secondary N) is 1. The molecule has 0 spiro atoms. The smallest absolute Gasteiger partial charge is 0.253 e. The van der Waals surface area contributed by atoms with Gasteiger partial charge in [-0.25, -0.2) is 0 Å². The standard InChI is InChI=1S/C18H21BrN2O/c1-11-5-7-16(15(19)8-11)20-18(22)14-10-21(3)17-9-12(2)4-6-13(14)17/h4,6,9-10,15-16H,1,5,7-8H2,2-3H3,(H,20,22). The summed E-state index contributed by atoms with van der Waals surface area (Å²) in [6.45, 7) is 6.11. The summed E-state index contributed by atoms with van der Waals surface area (Å²) < 4.78 is 2.02. The summed E-state index contributed by atoms with van der Waals surface area (Å²) in [6.07, 6.45) is 4.79. The molecule has 2 aromatic rings. The lowest BCUT2D eigenvalue weighted by atomic mass is 9.91. The summed E-state index contributed by atoms with van der Waals surface area (Å²) in [5.41, 5.74) is 4.30. The summed E-state index contributed by atoms with van der Waals surface area (Å²) in [5.74, 6) is 0.0106. The van der Waals surface area contributed by atoms with Gasteiger partial charge in [-0.05, 0) is 37.8 Å². The zero-order valence-corrected chi connectivity index (χ0v) is 14.6. The van der Waals surface area contributed by atoms with Gasteiger partial charge in [-0.3, -0.25) is 4.79 Å². The number of carbonyl (C=O) groups is 1. The number of aryl methyl sites for hydroxylation is 2. The molecule has 1 aliphatic carbocycles. The first-order chi connectivity index (χ1) is 10.5. The summed E-state index contributed by atoms with van der Waals surface area (Å²) in [5, 5.41) is 4.20. The third-order valence-corrected chi connectivity index (χ3v) is 5.40. The van der Waals surface area contributed by atoms with Gasteiger partial charge in [0.15, 0.2) is 0 Å². The Bertz CT molecular complexity index is 747. The SMILES string of the molecule is C=C1CCC(NC(=O)c2cn(C)c3cc(C)ccc23)C(Br)C1. The molecule has 1 aromatic carbocycles. The molecule has 3 nitrogen and oxygen atoms in total. The molecule has 0 radical (unpaired) electrons. The van der Waals surface area contributed by atoms with Crippen molar-refractivity contribution in [2.45, 2.75) is 37.1 Å². The molecule has 1 heterocycles. The zero-order valence-electron chi connectivity index (χ0n) is 13.0. The number of aromatic nitrogens is 1. The van der Waals surface area contributed by atoms with Crippen LogP contribution in [0.4, 0.5) is 0 Å². The predicted molar refractivity (Wildman–Crippen MR) is 94.6 cm³/mol. The Morgan fingerprint density at radius 1 is 1.45 bits per heavy atom. The van der Waals surface area contributed by atoms with Gasteiger partial charge < -0.3 is 9.88 Å². The highest BCUT2D eigenvalue weighted by Gasteiger charge is 2.27. The third kappa shape index (κ3) is 2.84. The average molecular weight is 361 g/mol. The van der Waals surface area contributed by atoms with E-state index in [9.17, 15) is 4.79 Å². The normalized spacial score (nSPS) is 22.0. The second kappa shape index (κ2) is 5.92. The molecule has 1 aromatic heterocycles. The highest BCUT2D eigenvalue weighted by Crippen LogP contribution is 2.28. The van der Waals surface area contributed by atoms with Crippen molar-refractivity contribution in [3.8, 4) is 0 Å². The minimum Gasteiger partial charge on any atom is -0.350 e. The fourth-order valence-electron chi connectivity index (χ4n) is 3.14. The van der Waals surface area contributed by atoms with Crippen LogP contribution in [0.25, 0.3) is 10.9 Å². The van der Waals surface area contributed by atoms with Gasteiger partial charge in [0.05, 0.1) is 5.56 Å². The quantitative estimate of drug-likeness (QED) is 0.635. The number of rotatable bonds is 2. The molecule has 116 valence electrons. The van der Waals surface area contributed by atoms with E-state index in [1.807, 2.05) is 23.9 Å². The van der Waals surface area contributed by atoms with E-state index in [0.717, 1.165) is 35.7 Å². The minimum atomic E-state index is 0.0106. The lowest BCUT2D eigenvalue weighted by Gasteiger charge is -2.29. The predicted octanol–water partition coefficient (Wildman–Crippen LogP) is 4.09. The maximum atomic E-state index is 12.7. The van der Waals surface area contributed by atoms with Crippen LogP contribution in [0.1, 0.15) is 35.2 Å². The van der Waals surface area contributed by atoms with Crippen molar-refractivity contribution in [1.82, 2.24) is 9.88 Å². The van der Waals surface area contributed by atoms with Crippen LogP contribution in [-0.4, -0.2) is 21.3 Å². The maximum Gasteiger partial charge on any atom is 0.253 e. The van der Waals surface area contributed by atoms with Crippen LogP contribution in [0.5, 0.6) is 0 Å². The fourth-order valence-corrected chi connectivity index (χ4v) is 4.00. The maximum absolute atomic E-state index is 12.7. The first kappa shape index (κ1) is 15.3. The van der Waals surface area contributed by atoms with Gasteiger partial charge in [-0.2, -0.15) is 0 Å². The van der Waals surface area contributed by atoms with Crippen LogP contribution in [0.3, 0.4) is 0 Å². The molecule has 4 heteroatoms. The molecule has 0 saturated heterocycles. The van der Waals surface area contributed by atoms with Crippen molar-refractivity contribution in [3.05, 3.63) is 47.7 Å². The Balaban J connectivity index is 1.85. The number of hydrogen-bond acceptors (Lipinski definition) is 1. The fraction of sp³-hybridized carbons (Fsp3) is 0.389. The number of carbonyl (C=O) groups excluding carboxylic acids is 1. The lowest BCUT2D eigenvalue weighted by Crippen LogP contribution is -2.42. The van der Waals surface area contributed by atoms with Gasteiger partial charge >= 0.3 is 0 Å². The second-order valence-corrected chi connectivity index (χ2v) is 7.44. The van der Waals surface area contributed by atoms with Crippen LogP contribution < -0.4 is 5.32 Å². The summed E-state index contributed by atoms with van der Waals surface area (Å²) in [6, 6.07) is 6.37. The number of alkyl halides is 1. The minimum absolute atomic E-state index is 0.0106. The highest BCUT2D eigenvalue weighted by molar-refractivity contribution is 9.09. The Morgan fingerprint density at radius 2 is 2.23 bits per heavy atom. The van der Waals surface area contributed by atoms with Crippen molar-refractivity contribution in [1.29, 1.82) is 0 Å². The van der Waals surface area contributed by atoms with E-state index in [-0.39, 0.29) is 16.8 Å². The molecule has 2 unspecified atom stereocenters. The van der Waals surface area contributed by atoms with Crippen molar-refractivity contribution >= 4 is 32.7 Å². The molecular weight excluding hydrogens is 340 g/mol. The summed E-state index contributed by atoms with van der Waals surface area (Å²) >= 11 is 3.68. The van der Waals surface area contributed by atoms with Crippen molar-refractivity contribution < 1.29 is 4.79 Å². The number of fused-ring (bicyclic) bond motifs is 1. The van der Waals surface area contributed by atoms with E-state index >= 15 is 0 Å². The van der Waals surface area contributed by atoms with E-state index in [0.29, 0.717) is 0 Å². The van der Waals surface area contributed by atoms with E-state index in [1.165, 1.54) is 11.1 Å². The Hall–Kier alpha value is -1.55. The highest BCUT2D eigenvalue weighted by atomic mass is 79.9. The van der Waals surface area contributed by atoms with Crippen molar-refractivity contribution in [3.63, 3.8) is 0 Å². The summed E-state index contributed by atoms with van der Waals surface area (Å²) in [7, 11) is 1.98. The van der Waals surface area contributed by atoms with E-state index in [2.05, 4.69) is 46.9 Å². The lowest BCUT2D eigenvalue weighted by molar-refractivity contribution is 0.0934. The molecule has 1 aliphatic rings. The molecule has 0 aliphatic heterocycles. The summed E-state index contributed by atoms with van der Waals surface area (Å²) in [4.78, 5) is 13.0. The van der Waals surface area contributed by atoms with Crippen LogP contribution in [0.15, 0.2) is 36.5 Å². The zero-order chi connectivity index (χ0) is 15.9. The number of nitrogens with zero attached hydrogens (tertiary/aromatic N) is 1. The van der Waals surface area contributed by atoms with E-state index < -0.39 is 0 Å². The molecule has 1 N–H and O–H groups in total. The molecule has 2 atom stereocenters. The Kier molecular flexibility index (Phi) is 4.13. The molecular formula is C18H21BrN2O. The molecule has 3 rings (SSSR count). The first-order valence-corrected chi connectivity index (χ1v) is 8.54. The molecule has 22 heavy (non-hydrogen) atoms. The third-order valence-electron chi connectivity index (χ3n) is 4.44. The second-order valence-electron chi connectivity index (χ2n) is 6.26. The van der Waals surface area contributed by atoms with Gasteiger partial charge in [0.25, 0.3) is 5.91 Å². The number of benzene rings is 1. The van der Waals surface area contributed by atoms with Crippen LogP contribution >= 0.6 is 15.9 Å².